The molecular weight excluding hydrogens is 493 g/mol. The van der Waals surface area contributed by atoms with Crippen molar-refractivity contribution in [2.45, 2.75) is 75.0 Å². The first-order valence-corrected chi connectivity index (χ1v) is 13.8. The number of piperidine rings is 1. The Hall–Kier alpha value is -2.58. The van der Waals surface area contributed by atoms with E-state index in [4.69, 9.17) is 4.74 Å². The molecule has 8 heteroatoms. The second-order valence-electron chi connectivity index (χ2n) is 11.3. The summed E-state index contributed by atoms with van der Waals surface area (Å²) in [4.78, 5) is 14.8. The van der Waals surface area contributed by atoms with Gasteiger partial charge < -0.3 is 20.1 Å². The minimum Gasteiger partial charge on any atom is -0.410 e. The van der Waals surface area contributed by atoms with Gasteiger partial charge in [-0.3, -0.25) is 0 Å². The van der Waals surface area contributed by atoms with Gasteiger partial charge in [-0.05, 0) is 99.2 Å². The first kappa shape index (κ1) is 27.0. The molecule has 5 nitrogen and oxygen atoms in total. The third-order valence-corrected chi connectivity index (χ3v) is 8.97. The van der Waals surface area contributed by atoms with E-state index < -0.39 is 23.3 Å². The molecule has 0 spiro atoms. The van der Waals surface area contributed by atoms with Crippen LogP contribution in [0.4, 0.5) is 18.0 Å². The molecule has 0 unspecified atom stereocenters. The summed E-state index contributed by atoms with van der Waals surface area (Å²) in [5.41, 5.74) is -0.0732. The standard InChI is InChI=1S/C30H37F3N2O3/c31-30(32,33)29(37)14-13-28(20-22-7-3-1-4-8-22)24(21-29)10-9-23-19-25(11-12-26(23)28)38-27(36)34-15-18-35-16-5-2-6-17-35/h1,3-4,7-8,11-12,19,24,37H,2,5-6,9-10,13-18,20-21H2,(H,34,36)/t24-,28+,29-/m1/s1. The minimum atomic E-state index is -4.65. The van der Waals surface area contributed by atoms with Crippen LogP contribution in [0.25, 0.3) is 0 Å². The lowest BCUT2D eigenvalue weighted by Crippen LogP contribution is -2.56. The zero-order chi connectivity index (χ0) is 26.8. The highest BCUT2D eigenvalue weighted by atomic mass is 19.4. The number of ether oxygens (including phenoxy) is 1. The van der Waals surface area contributed by atoms with Crippen molar-refractivity contribution in [3.8, 4) is 5.75 Å². The number of carbonyl (C=O) groups is 1. The van der Waals surface area contributed by atoms with E-state index in [2.05, 4.69) is 10.2 Å². The Bertz CT molecular complexity index is 1120. The van der Waals surface area contributed by atoms with Gasteiger partial charge in [-0.25, -0.2) is 4.79 Å². The van der Waals surface area contributed by atoms with Crippen molar-refractivity contribution >= 4 is 6.09 Å². The van der Waals surface area contributed by atoms with Crippen LogP contribution in [0.1, 0.15) is 61.6 Å². The highest BCUT2D eigenvalue weighted by Crippen LogP contribution is 2.57. The predicted octanol–water partition coefficient (Wildman–Crippen LogP) is 5.78. The number of hydrogen-bond acceptors (Lipinski definition) is 4. The molecule has 1 amide bonds. The molecule has 2 aromatic rings. The van der Waals surface area contributed by atoms with Crippen LogP contribution in [0.3, 0.4) is 0 Å². The molecule has 2 fully saturated rings. The summed E-state index contributed by atoms with van der Waals surface area (Å²) in [5, 5.41) is 13.4. The number of carbonyl (C=O) groups excluding carboxylic acids is 1. The number of likely N-dealkylation sites (tertiary alicyclic amines) is 1. The van der Waals surface area contributed by atoms with Crippen molar-refractivity contribution in [3.05, 3.63) is 65.2 Å². The first-order valence-electron chi connectivity index (χ1n) is 13.8. The predicted molar refractivity (Wildman–Crippen MR) is 139 cm³/mol. The molecule has 38 heavy (non-hydrogen) atoms. The van der Waals surface area contributed by atoms with E-state index in [0.717, 1.165) is 36.3 Å². The molecule has 2 aliphatic carbocycles. The smallest absolute Gasteiger partial charge is 0.410 e. The Labute approximate surface area is 222 Å². The number of amides is 1. The Balaban J connectivity index is 1.33. The van der Waals surface area contributed by atoms with Crippen molar-refractivity contribution in [1.82, 2.24) is 10.2 Å². The van der Waals surface area contributed by atoms with Crippen LogP contribution in [0.15, 0.2) is 48.5 Å². The monoisotopic (exact) mass is 530 g/mol. The van der Waals surface area contributed by atoms with Gasteiger partial charge in [0.25, 0.3) is 0 Å². The molecule has 3 aliphatic rings. The maximum absolute atomic E-state index is 13.8. The number of halogens is 3. The van der Waals surface area contributed by atoms with Gasteiger partial charge in [0.05, 0.1) is 0 Å². The topological polar surface area (TPSA) is 61.8 Å². The Morgan fingerprint density at radius 2 is 1.84 bits per heavy atom. The Morgan fingerprint density at radius 3 is 2.58 bits per heavy atom. The van der Waals surface area contributed by atoms with Crippen LogP contribution < -0.4 is 10.1 Å². The molecule has 0 radical (unpaired) electrons. The number of rotatable bonds is 6. The molecule has 1 heterocycles. The molecule has 2 N–H and O–H groups in total. The summed E-state index contributed by atoms with van der Waals surface area (Å²) in [7, 11) is 0. The van der Waals surface area contributed by atoms with Crippen LogP contribution in [-0.4, -0.2) is 54.1 Å². The number of benzene rings is 2. The molecule has 1 aliphatic heterocycles. The first-order chi connectivity index (χ1) is 18.2. The summed E-state index contributed by atoms with van der Waals surface area (Å²) in [6, 6.07) is 15.4. The summed E-state index contributed by atoms with van der Waals surface area (Å²) >= 11 is 0. The fourth-order valence-electron chi connectivity index (χ4n) is 6.92. The van der Waals surface area contributed by atoms with Crippen LogP contribution in [0.2, 0.25) is 0 Å². The van der Waals surface area contributed by atoms with Crippen LogP contribution in [-0.2, 0) is 18.3 Å². The van der Waals surface area contributed by atoms with E-state index in [9.17, 15) is 23.1 Å². The van der Waals surface area contributed by atoms with Crippen molar-refractivity contribution in [3.63, 3.8) is 0 Å². The van der Waals surface area contributed by atoms with Crippen LogP contribution in [0, 0.1) is 5.92 Å². The fourth-order valence-corrected chi connectivity index (χ4v) is 6.92. The Kier molecular flexibility index (Phi) is 7.74. The van der Waals surface area contributed by atoms with Crippen molar-refractivity contribution in [2.24, 2.45) is 5.92 Å². The second-order valence-corrected chi connectivity index (χ2v) is 11.3. The lowest BCUT2D eigenvalue weighted by molar-refractivity contribution is -0.279. The van der Waals surface area contributed by atoms with E-state index in [-0.39, 0.29) is 25.2 Å². The average Bonchev–Trinajstić information content (AvgIpc) is 2.89. The van der Waals surface area contributed by atoms with Gasteiger partial charge in [-0.1, -0.05) is 42.8 Å². The Morgan fingerprint density at radius 1 is 1.08 bits per heavy atom. The van der Waals surface area contributed by atoms with Gasteiger partial charge in [0.1, 0.15) is 5.75 Å². The van der Waals surface area contributed by atoms with E-state index in [1.165, 1.54) is 19.3 Å². The van der Waals surface area contributed by atoms with E-state index >= 15 is 0 Å². The van der Waals surface area contributed by atoms with E-state index in [1.807, 2.05) is 42.5 Å². The summed E-state index contributed by atoms with van der Waals surface area (Å²) in [5.74, 6) is 0.135. The minimum absolute atomic E-state index is 0.243. The zero-order valence-electron chi connectivity index (χ0n) is 21.7. The van der Waals surface area contributed by atoms with E-state index in [0.29, 0.717) is 31.6 Å². The normalized spacial score (nSPS) is 27.7. The van der Waals surface area contributed by atoms with Crippen molar-refractivity contribution in [1.29, 1.82) is 0 Å². The molecule has 1 saturated heterocycles. The largest absolute Gasteiger partial charge is 0.417 e. The van der Waals surface area contributed by atoms with Crippen molar-refractivity contribution < 1.29 is 27.8 Å². The van der Waals surface area contributed by atoms with Crippen molar-refractivity contribution in [2.75, 3.05) is 26.2 Å². The zero-order valence-corrected chi connectivity index (χ0v) is 21.7. The molecular formula is C30H37F3N2O3. The number of hydrogen-bond donors (Lipinski definition) is 2. The van der Waals surface area contributed by atoms with Crippen LogP contribution >= 0.6 is 0 Å². The van der Waals surface area contributed by atoms with Gasteiger partial charge in [0.15, 0.2) is 5.60 Å². The SMILES string of the molecule is O=C(NCCN1CCCCC1)Oc1ccc2c(c1)CC[C@@H]1C[C@@](O)(C(F)(F)F)CC[C@@]21Cc1ccccc1. The van der Waals surface area contributed by atoms with E-state index in [1.54, 1.807) is 6.07 Å². The number of fused-ring (bicyclic) bond motifs is 3. The number of aryl methyl sites for hydroxylation is 1. The summed E-state index contributed by atoms with van der Waals surface area (Å²) in [6.45, 7) is 3.45. The average molecular weight is 531 g/mol. The highest BCUT2D eigenvalue weighted by Gasteiger charge is 2.61. The molecule has 1 saturated carbocycles. The highest BCUT2D eigenvalue weighted by molar-refractivity contribution is 5.70. The van der Waals surface area contributed by atoms with Crippen LogP contribution in [0.5, 0.6) is 5.75 Å². The van der Waals surface area contributed by atoms with Gasteiger partial charge >= 0.3 is 12.3 Å². The molecule has 5 rings (SSSR count). The maximum Gasteiger partial charge on any atom is 0.417 e. The summed E-state index contributed by atoms with van der Waals surface area (Å²) in [6.07, 6.45) is -0.124. The molecule has 2 aromatic carbocycles. The quantitative estimate of drug-likeness (QED) is 0.497. The van der Waals surface area contributed by atoms with Gasteiger partial charge in [-0.15, -0.1) is 0 Å². The number of alkyl halides is 3. The molecule has 3 atom stereocenters. The molecule has 206 valence electrons. The third kappa shape index (κ3) is 5.57. The van der Waals surface area contributed by atoms with Gasteiger partial charge in [0, 0.05) is 18.5 Å². The number of nitrogens with zero attached hydrogens (tertiary/aromatic N) is 1. The summed E-state index contributed by atoms with van der Waals surface area (Å²) < 4.78 is 47.0. The molecule has 0 aromatic heterocycles. The lowest BCUT2D eigenvalue weighted by atomic mass is 9.52. The maximum atomic E-state index is 13.8. The van der Waals surface area contributed by atoms with Gasteiger partial charge in [-0.2, -0.15) is 13.2 Å². The number of aliphatic hydroxyl groups is 1. The molecule has 0 bridgehead atoms. The third-order valence-electron chi connectivity index (χ3n) is 8.97. The number of nitrogens with one attached hydrogen (secondary N) is 1. The fraction of sp³-hybridized carbons (Fsp3) is 0.567. The second kappa shape index (κ2) is 10.9. The lowest BCUT2D eigenvalue weighted by Gasteiger charge is -2.53. The van der Waals surface area contributed by atoms with Gasteiger partial charge in [0.2, 0.25) is 0 Å².